The van der Waals surface area contributed by atoms with Gasteiger partial charge < -0.3 is 4.57 Å². The molecule has 3 aromatic rings. The summed E-state index contributed by atoms with van der Waals surface area (Å²) in [5, 5.41) is 19.3. The molecule has 0 fully saturated rings. The van der Waals surface area contributed by atoms with Crippen LogP contribution in [0.25, 0.3) is 21.3 Å². The Morgan fingerprint density at radius 3 is 2.54 bits per heavy atom. The van der Waals surface area contributed by atoms with Crippen LogP contribution in [0.4, 0.5) is 17.1 Å². The number of anilines is 1. The number of nitrogens with zero attached hydrogens (tertiary/aromatic N) is 6. The van der Waals surface area contributed by atoms with Crippen molar-refractivity contribution in [3.8, 4) is 0 Å². The number of aryl methyl sites for hydroxylation is 1. The van der Waals surface area contributed by atoms with Crippen molar-refractivity contribution in [2.45, 2.75) is 6.92 Å². The fourth-order valence-electron chi connectivity index (χ4n) is 2.82. The highest BCUT2D eigenvalue weighted by Gasteiger charge is 2.16. The van der Waals surface area contributed by atoms with Crippen molar-refractivity contribution >= 4 is 33.7 Å². The molecule has 0 unspecified atom stereocenters. The van der Waals surface area contributed by atoms with Crippen LogP contribution in [0.5, 0.6) is 0 Å². The predicted molar refractivity (Wildman–Crippen MR) is 107 cm³/mol. The molecule has 0 saturated carbocycles. The molecule has 2 aromatic carbocycles. The number of hydrogen-bond acceptors (Lipinski definition) is 6. The van der Waals surface area contributed by atoms with E-state index >= 15 is 0 Å². The monoisotopic (exact) mass is 377 g/mol. The Labute approximate surface area is 158 Å². The van der Waals surface area contributed by atoms with Crippen molar-refractivity contribution in [2.24, 2.45) is 17.3 Å². The maximum absolute atomic E-state index is 12.8. The highest BCUT2D eigenvalue weighted by Crippen LogP contribution is 2.28. The normalized spacial score (nSPS) is 11.1. The van der Waals surface area contributed by atoms with E-state index in [1.165, 1.54) is 28.8 Å². The summed E-state index contributed by atoms with van der Waals surface area (Å²) in [7, 11) is 1.63. The number of pyridine rings is 1. The van der Waals surface area contributed by atoms with Crippen LogP contribution in [-0.4, -0.2) is 15.2 Å². The minimum Gasteiger partial charge on any atom is -0.311 e. The number of nitro benzene ring substituents is 1. The van der Waals surface area contributed by atoms with Crippen molar-refractivity contribution in [2.75, 3.05) is 5.43 Å². The van der Waals surface area contributed by atoms with Gasteiger partial charge in [0.1, 0.15) is 0 Å². The number of para-hydroxylation sites is 1. The molecule has 0 saturated heterocycles. The quantitative estimate of drug-likeness (QED) is 0.177. The maximum Gasteiger partial charge on any atom is 0.269 e. The van der Waals surface area contributed by atoms with E-state index in [0.717, 1.165) is 0 Å². The lowest BCUT2D eigenvalue weighted by atomic mass is 10.1. The van der Waals surface area contributed by atoms with Gasteiger partial charge in [0, 0.05) is 29.5 Å². The first-order valence-electron chi connectivity index (χ1n) is 8.16. The van der Waals surface area contributed by atoms with E-state index < -0.39 is 4.92 Å². The Kier molecular flexibility index (Phi) is 5.05. The Morgan fingerprint density at radius 2 is 1.89 bits per heavy atom. The lowest BCUT2D eigenvalue weighted by Gasteiger charge is -2.12. The second-order valence-corrected chi connectivity index (χ2v) is 5.91. The van der Waals surface area contributed by atoms with E-state index in [2.05, 4.69) is 20.6 Å². The summed E-state index contributed by atoms with van der Waals surface area (Å²) >= 11 is 0. The van der Waals surface area contributed by atoms with Gasteiger partial charge in [0.25, 0.3) is 11.2 Å². The van der Waals surface area contributed by atoms with Gasteiger partial charge in [-0.1, -0.05) is 23.3 Å². The van der Waals surface area contributed by atoms with Gasteiger partial charge in [-0.05, 0) is 30.7 Å². The first-order valence-corrected chi connectivity index (χ1v) is 8.16. The first-order chi connectivity index (χ1) is 13.4. The average Bonchev–Trinajstić information content (AvgIpc) is 2.70. The summed E-state index contributed by atoms with van der Waals surface area (Å²) < 4.78 is 1.46. The van der Waals surface area contributed by atoms with Crippen molar-refractivity contribution in [3.63, 3.8) is 0 Å². The van der Waals surface area contributed by atoms with Crippen LogP contribution in [0.1, 0.15) is 12.5 Å². The van der Waals surface area contributed by atoms with Gasteiger partial charge in [-0.3, -0.25) is 20.3 Å². The van der Waals surface area contributed by atoms with Gasteiger partial charge >= 0.3 is 0 Å². The Bertz CT molecular complexity index is 1210. The third-order valence-electron chi connectivity index (χ3n) is 4.21. The SMILES string of the molecule is C/C(=N\Nc1ccc([N+](=O)[O-])cc1)c1c(N=[N+]=[N-])c2ccccc2n(C)c1=O. The summed E-state index contributed by atoms with van der Waals surface area (Å²) in [6, 6.07) is 12.8. The van der Waals surface area contributed by atoms with Crippen molar-refractivity contribution in [1.82, 2.24) is 4.57 Å². The third-order valence-corrected chi connectivity index (χ3v) is 4.21. The van der Waals surface area contributed by atoms with Crippen LogP contribution in [0.3, 0.4) is 0 Å². The van der Waals surface area contributed by atoms with E-state index in [1.807, 2.05) is 0 Å². The minimum atomic E-state index is -0.497. The van der Waals surface area contributed by atoms with E-state index in [0.29, 0.717) is 22.3 Å². The topological polar surface area (TPSA) is 138 Å². The molecule has 0 bridgehead atoms. The Hall–Kier alpha value is -4.17. The van der Waals surface area contributed by atoms with Gasteiger partial charge in [0.05, 0.1) is 33.1 Å². The van der Waals surface area contributed by atoms with Crippen LogP contribution >= 0.6 is 0 Å². The number of nitro groups is 1. The first kappa shape index (κ1) is 18.6. The lowest BCUT2D eigenvalue weighted by molar-refractivity contribution is -0.384. The number of rotatable bonds is 5. The molecule has 3 rings (SSSR count). The van der Waals surface area contributed by atoms with Crippen LogP contribution < -0.4 is 11.0 Å². The molecule has 0 amide bonds. The molecule has 28 heavy (non-hydrogen) atoms. The lowest BCUT2D eigenvalue weighted by Crippen LogP contribution is -2.24. The molecule has 10 nitrogen and oxygen atoms in total. The number of nitrogens with one attached hydrogen (secondary N) is 1. The van der Waals surface area contributed by atoms with Crippen molar-refractivity contribution in [1.29, 1.82) is 0 Å². The van der Waals surface area contributed by atoms with Gasteiger partial charge in [-0.2, -0.15) is 5.10 Å². The van der Waals surface area contributed by atoms with Gasteiger partial charge in [-0.15, -0.1) is 0 Å². The van der Waals surface area contributed by atoms with E-state index in [9.17, 15) is 14.9 Å². The number of hydrazone groups is 1. The van der Waals surface area contributed by atoms with E-state index in [4.69, 9.17) is 5.53 Å². The zero-order valence-electron chi connectivity index (χ0n) is 15.0. The van der Waals surface area contributed by atoms with Crippen molar-refractivity contribution in [3.05, 3.63) is 85.0 Å². The molecule has 0 aliphatic carbocycles. The Balaban J connectivity index is 2.09. The van der Waals surface area contributed by atoms with Gasteiger partial charge in [0.2, 0.25) is 0 Å². The fourth-order valence-corrected chi connectivity index (χ4v) is 2.82. The maximum atomic E-state index is 12.8. The number of non-ortho nitro benzene ring substituents is 1. The zero-order chi connectivity index (χ0) is 20.3. The van der Waals surface area contributed by atoms with Crippen LogP contribution in [0.15, 0.2) is 63.5 Å². The highest BCUT2D eigenvalue weighted by atomic mass is 16.6. The summed E-state index contributed by atoms with van der Waals surface area (Å²) in [6.45, 7) is 1.61. The number of aromatic nitrogens is 1. The molecule has 1 aromatic heterocycles. The van der Waals surface area contributed by atoms with Crippen molar-refractivity contribution < 1.29 is 4.92 Å². The molecule has 1 heterocycles. The number of azide groups is 1. The fraction of sp³-hybridized carbons (Fsp3) is 0.111. The smallest absolute Gasteiger partial charge is 0.269 e. The number of fused-ring (bicyclic) bond motifs is 1. The summed E-state index contributed by atoms with van der Waals surface area (Å²) in [5.41, 5.74) is 13.2. The minimum absolute atomic E-state index is 0.0414. The number of hydrogen-bond donors (Lipinski definition) is 1. The van der Waals surface area contributed by atoms with Crippen LogP contribution in [0, 0.1) is 10.1 Å². The van der Waals surface area contributed by atoms with E-state index in [1.54, 1.807) is 38.2 Å². The third kappa shape index (κ3) is 3.39. The molecule has 0 aliphatic rings. The zero-order valence-corrected chi connectivity index (χ0v) is 15.0. The largest absolute Gasteiger partial charge is 0.311 e. The van der Waals surface area contributed by atoms with Crippen LogP contribution in [-0.2, 0) is 7.05 Å². The summed E-state index contributed by atoms with van der Waals surface area (Å²) in [4.78, 5) is 25.9. The molecule has 140 valence electrons. The molecular formula is C18H15N7O3. The van der Waals surface area contributed by atoms with Gasteiger partial charge in [0.15, 0.2) is 0 Å². The second kappa shape index (κ2) is 7.60. The molecule has 0 radical (unpaired) electrons. The molecule has 0 aliphatic heterocycles. The average molecular weight is 377 g/mol. The molecular weight excluding hydrogens is 362 g/mol. The van der Waals surface area contributed by atoms with E-state index in [-0.39, 0.29) is 22.5 Å². The van der Waals surface area contributed by atoms with Gasteiger partial charge in [-0.25, -0.2) is 0 Å². The standard InChI is InChI=1S/C18H15N7O3/c1-11(20-21-12-7-9-13(10-8-12)25(27)28)16-17(22-23-19)14-5-3-4-6-15(14)24(2)18(16)26/h3-10,21H,1-2H3/b20-11+. The Morgan fingerprint density at radius 1 is 1.21 bits per heavy atom. The summed E-state index contributed by atoms with van der Waals surface area (Å²) in [5.74, 6) is 0. The summed E-state index contributed by atoms with van der Waals surface area (Å²) in [6.07, 6.45) is 0. The molecule has 10 heteroatoms. The molecule has 0 atom stereocenters. The molecule has 1 N–H and O–H groups in total. The molecule has 0 spiro atoms. The predicted octanol–water partition coefficient (Wildman–Crippen LogP) is 4.22. The second-order valence-electron chi connectivity index (χ2n) is 5.91. The number of benzene rings is 2. The highest BCUT2D eigenvalue weighted by molar-refractivity contribution is 6.08. The van der Waals surface area contributed by atoms with Crippen LogP contribution in [0.2, 0.25) is 0 Å².